The minimum absolute atomic E-state index is 0.128. The number of halogens is 2. The van der Waals surface area contributed by atoms with Gasteiger partial charge < -0.3 is 0 Å². The molecule has 0 amide bonds. The van der Waals surface area contributed by atoms with Crippen LogP contribution in [0, 0.1) is 5.82 Å². The van der Waals surface area contributed by atoms with Crippen LogP contribution in [0.2, 0.25) is 0 Å². The zero-order valence-electron chi connectivity index (χ0n) is 11.8. The first-order valence-corrected chi connectivity index (χ1v) is 8.54. The maximum atomic E-state index is 13.7. The van der Waals surface area contributed by atoms with Crippen molar-refractivity contribution in [3.8, 4) is 0 Å². The minimum Gasteiger partial charge on any atom is -0.295 e. The van der Waals surface area contributed by atoms with Crippen molar-refractivity contribution in [1.82, 2.24) is 14.8 Å². The number of rotatable bonds is 3. The molecule has 21 heavy (non-hydrogen) atoms. The maximum Gasteiger partial charge on any atom is 0.296 e. The van der Waals surface area contributed by atoms with E-state index >= 15 is 0 Å². The number of nitrogens with zero attached hydrogens (tertiary/aromatic N) is 3. The monoisotopic (exact) mass is 331 g/mol. The molecule has 1 heterocycles. The second-order valence-corrected chi connectivity index (χ2v) is 8.07. The quantitative estimate of drug-likeness (QED) is 0.811. The van der Waals surface area contributed by atoms with Crippen molar-refractivity contribution in [3.05, 3.63) is 41.5 Å². The van der Waals surface area contributed by atoms with E-state index in [2.05, 4.69) is 10.2 Å². The SMILES string of the molecule is CC(C)(C)n1c(Cc2ccccc2F)nnc1S(=O)(=O)Cl. The van der Waals surface area contributed by atoms with E-state index in [9.17, 15) is 12.8 Å². The van der Waals surface area contributed by atoms with Gasteiger partial charge in [-0.2, -0.15) is 0 Å². The van der Waals surface area contributed by atoms with Crippen LogP contribution in [0.4, 0.5) is 4.39 Å². The average molecular weight is 332 g/mol. The number of hydrogen-bond donors (Lipinski definition) is 0. The molecule has 5 nitrogen and oxygen atoms in total. The molecular formula is C13H15ClFN3O2S. The fraction of sp³-hybridized carbons (Fsp3) is 0.385. The maximum absolute atomic E-state index is 13.7. The molecule has 8 heteroatoms. The van der Waals surface area contributed by atoms with Gasteiger partial charge in [-0.15, -0.1) is 10.2 Å². The van der Waals surface area contributed by atoms with Crippen LogP contribution >= 0.6 is 10.7 Å². The molecule has 114 valence electrons. The Labute approximate surface area is 127 Å². The van der Waals surface area contributed by atoms with Crippen molar-refractivity contribution in [2.45, 2.75) is 37.9 Å². The highest BCUT2D eigenvalue weighted by Crippen LogP contribution is 2.25. The van der Waals surface area contributed by atoms with Crippen LogP contribution in [-0.4, -0.2) is 23.2 Å². The molecule has 0 aliphatic carbocycles. The van der Waals surface area contributed by atoms with E-state index in [1.807, 2.05) is 0 Å². The first kappa shape index (κ1) is 15.9. The summed E-state index contributed by atoms with van der Waals surface area (Å²) in [5, 5.41) is 7.19. The first-order valence-electron chi connectivity index (χ1n) is 6.23. The van der Waals surface area contributed by atoms with Crippen LogP contribution in [0.3, 0.4) is 0 Å². The highest BCUT2D eigenvalue weighted by Gasteiger charge is 2.29. The van der Waals surface area contributed by atoms with Crippen molar-refractivity contribution in [2.24, 2.45) is 0 Å². The predicted molar refractivity (Wildman–Crippen MR) is 77.3 cm³/mol. The molecule has 2 aromatic rings. The molecule has 0 N–H and O–H groups in total. The molecule has 0 aliphatic heterocycles. The summed E-state index contributed by atoms with van der Waals surface area (Å²) in [5.41, 5.74) is -0.199. The zero-order valence-corrected chi connectivity index (χ0v) is 13.4. The van der Waals surface area contributed by atoms with Gasteiger partial charge >= 0.3 is 0 Å². The van der Waals surface area contributed by atoms with Gasteiger partial charge in [0.2, 0.25) is 0 Å². The Morgan fingerprint density at radius 2 is 1.86 bits per heavy atom. The predicted octanol–water partition coefficient (Wildman–Crippen LogP) is 2.69. The molecule has 0 fully saturated rings. The molecule has 0 atom stereocenters. The Morgan fingerprint density at radius 3 is 2.38 bits per heavy atom. The van der Waals surface area contributed by atoms with Crippen LogP contribution in [0.5, 0.6) is 0 Å². The summed E-state index contributed by atoms with van der Waals surface area (Å²) >= 11 is 0. The summed E-state index contributed by atoms with van der Waals surface area (Å²) in [6.45, 7) is 5.40. The Hall–Kier alpha value is -1.47. The van der Waals surface area contributed by atoms with E-state index in [-0.39, 0.29) is 17.4 Å². The number of hydrogen-bond acceptors (Lipinski definition) is 4. The van der Waals surface area contributed by atoms with Crippen LogP contribution < -0.4 is 0 Å². The zero-order chi connectivity index (χ0) is 15.8. The van der Waals surface area contributed by atoms with Gasteiger partial charge in [0.1, 0.15) is 11.6 Å². The summed E-state index contributed by atoms with van der Waals surface area (Å²) in [4.78, 5) is 0. The molecular weight excluding hydrogens is 317 g/mol. The molecule has 1 aromatic carbocycles. The largest absolute Gasteiger partial charge is 0.296 e. The Balaban J connectivity index is 2.56. The topological polar surface area (TPSA) is 64.8 Å². The van der Waals surface area contributed by atoms with Gasteiger partial charge in [-0.1, -0.05) is 18.2 Å². The Kier molecular flexibility index (Phi) is 4.08. The lowest BCUT2D eigenvalue weighted by molar-refractivity contribution is 0.352. The van der Waals surface area contributed by atoms with Crippen molar-refractivity contribution in [1.29, 1.82) is 0 Å². The van der Waals surface area contributed by atoms with E-state index in [1.165, 1.54) is 10.6 Å². The van der Waals surface area contributed by atoms with Gasteiger partial charge in [0, 0.05) is 22.6 Å². The van der Waals surface area contributed by atoms with Gasteiger partial charge in [-0.05, 0) is 32.4 Å². The minimum atomic E-state index is -4.03. The molecule has 0 unspecified atom stereocenters. The van der Waals surface area contributed by atoms with Gasteiger partial charge in [0.15, 0.2) is 0 Å². The third-order valence-corrected chi connectivity index (χ3v) is 4.01. The smallest absolute Gasteiger partial charge is 0.295 e. The lowest BCUT2D eigenvalue weighted by Gasteiger charge is -2.24. The highest BCUT2D eigenvalue weighted by molar-refractivity contribution is 8.13. The normalized spacial score (nSPS) is 12.6. The van der Waals surface area contributed by atoms with Crippen molar-refractivity contribution in [2.75, 3.05) is 0 Å². The van der Waals surface area contributed by atoms with Crippen molar-refractivity contribution in [3.63, 3.8) is 0 Å². The van der Waals surface area contributed by atoms with Gasteiger partial charge in [-0.3, -0.25) is 4.57 Å². The molecule has 1 aromatic heterocycles. The number of aromatic nitrogens is 3. The van der Waals surface area contributed by atoms with Crippen LogP contribution in [0.1, 0.15) is 32.2 Å². The van der Waals surface area contributed by atoms with E-state index in [0.717, 1.165) is 0 Å². The number of benzene rings is 1. The molecule has 0 saturated heterocycles. The standard InChI is InChI=1S/C13H15ClFN3O2S/c1-13(2,3)18-11(16-17-12(18)21(14,19)20)8-9-6-4-5-7-10(9)15/h4-7H,8H2,1-3H3. The van der Waals surface area contributed by atoms with Crippen LogP contribution in [-0.2, 0) is 21.0 Å². The second kappa shape index (κ2) is 5.38. The molecule has 2 rings (SSSR count). The summed E-state index contributed by atoms with van der Waals surface area (Å²) < 4.78 is 38.4. The van der Waals surface area contributed by atoms with Gasteiger partial charge in [0.05, 0.1) is 0 Å². The third-order valence-electron chi connectivity index (χ3n) is 2.90. The summed E-state index contributed by atoms with van der Waals surface area (Å²) in [7, 11) is 1.36. The third kappa shape index (κ3) is 3.41. The highest BCUT2D eigenvalue weighted by atomic mass is 35.7. The van der Waals surface area contributed by atoms with E-state index in [4.69, 9.17) is 10.7 Å². The average Bonchev–Trinajstić information content (AvgIpc) is 2.75. The Bertz CT molecular complexity index is 766. The van der Waals surface area contributed by atoms with E-state index in [1.54, 1.807) is 39.0 Å². The molecule has 0 bridgehead atoms. The fourth-order valence-corrected chi connectivity index (χ4v) is 3.09. The summed E-state index contributed by atoms with van der Waals surface area (Å²) in [6, 6.07) is 6.25. The molecule has 0 aliphatic rings. The first-order chi connectivity index (χ1) is 9.60. The Morgan fingerprint density at radius 1 is 1.24 bits per heavy atom. The fourth-order valence-electron chi connectivity index (χ4n) is 2.06. The lowest BCUT2D eigenvalue weighted by Crippen LogP contribution is -2.27. The van der Waals surface area contributed by atoms with Crippen molar-refractivity contribution < 1.29 is 12.8 Å². The molecule has 0 radical (unpaired) electrons. The van der Waals surface area contributed by atoms with Gasteiger partial charge in [-0.25, -0.2) is 12.8 Å². The van der Waals surface area contributed by atoms with Crippen molar-refractivity contribution >= 4 is 19.7 Å². The summed E-state index contributed by atoms with van der Waals surface area (Å²) in [5.74, 6) is -0.0388. The van der Waals surface area contributed by atoms with Gasteiger partial charge in [0.25, 0.3) is 14.2 Å². The second-order valence-electron chi connectivity index (χ2n) is 5.61. The molecule has 0 saturated carbocycles. The lowest BCUT2D eigenvalue weighted by atomic mass is 10.1. The van der Waals surface area contributed by atoms with E-state index in [0.29, 0.717) is 11.4 Å². The molecule has 0 spiro atoms. The summed E-state index contributed by atoms with van der Waals surface area (Å²) in [6.07, 6.45) is 0.128. The van der Waals surface area contributed by atoms with E-state index < -0.39 is 14.6 Å². The van der Waals surface area contributed by atoms with Crippen LogP contribution in [0.15, 0.2) is 29.4 Å². The van der Waals surface area contributed by atoms with Crippen LogP contribution in [0.25, 0.3) is 0 Å².